The molecule has 0 fully saturated rings. The van der Waals surface area contributed by atoms with Gasteiger partial charge in [-0.05, 0) is 38.1 Å². The predicted molar refractivity (Wildman–Crippen MR) is 106 cm³/mol. The lowest BCUT2D eigenvalue weighted by atomic mass is 10.4. The molecule has 1 aromatic carbocycles. The fourth-order valence-electron chi connectivity index (χ4n) is 2.03. The van der Waals surface area contributed by atoms with Crippen molar-refractivity contribution in [2.75, 3.05) is 18.8 Å². The molecule has 6 nitrogen and oxygen atoms in total. The molecule has 0 bridgehead atoms. The van der Waals surface area contributed by atoms with E-state index < -0.39 is 9.84 Å². The number of hydrogen-bond acceptors (Lipinski definition) is 5. The van der Waals surface area contributed by atoms with Crippen LogP contribution in [-0.2, 0) is 16.4 Å². The van der Waals surface area contributed by atoms with Crippen LogP contribution in [0, 0.1) is 6.92 Å². The van der Waals surface area contributed by atoms with Gasteiger partial charge in [0.05, 0.1) is 17.2 Å². The van der Waals surface area contributed by atoms with Crippen molar-refractivity contribution in [1.82, 2.24) is 15.6 Å². The van der Waals surface area contributed by atoms with Crippen LogP contribution in [0.1, 0.15) is 16.8 Å². The van der Waals surface area contributed by atoms with E-state index in [2.05, 4.69) is 36.5 Å². The number of aliphatic imine (C=N–C) groups is 1. The second-order valence-corrected chi connectivity index (χ2v) is 9.60. The van der Waals surface area contributed by atoms with Gasteiger partial charge in [0.1, 0.15) is 5.01 Å². The highest BCUT2D eigenvalue weighted by molar-refractivity contribution is 9.10. The molecule has 0 radical (unpaired) electrons. The molecule has 1 aromatic heterocycles. The first-order valence-corrected chi connectivity index (χ1v) is 11.1. The van der Waals surface area contributed by atoms with Crippen LogP contribution in [0.25, 0.3) is 0 Å². The van der Waals surface area contributed by atoms with E-state index in [1.807, 2.05) is 20.0 Å². The topological polar surface area (TPSA) is 83.4 Å². The van der Waals surface area contributed by atoms with Crippen molar-refractivity contribution in [3.63, 3.8) is 0 Å². The van der Waals surface area contributed by atoms with Crippen molar-refractivity contribution in [3.05, 3.63) is 44.8 Å². The standard InChI is InChI=1S/C16H21BrN4O2S2/c1-3-18-16(21-11-15-20-10-12(2)24-15)19-8-9-25(22,23)14-6-4-13(17)5-7-14/h4-7,10H,3,8-9,11H2,1-2H3,(H2,18,19,21). The molecule has 0 spiro atoms. The number of thiazole rings is 1. The van der Waals surface area contributed by atoms with E-state index in [0.29, 0.717) is 23.9 Å². The summed E-state index contributed by atoms with van der Waals surface area (Å²) in [7, 11) is -3.33. The first-order chi connectivity index (χ1) is 11.9. The Bertz CT molecular complexity index is 817. The van der Waals surface area contributed by atoms with Crippen molar-refractivity contribution in [2.24, 2.45) is 4.99 Å². The Morgan fingerprint density at radius 2 is 2.00 bits per heavy atom. The van der Waals surface area contributed by atoms with Gasteiger partial charge in [0.15, 0.2) is 15.8 Å². The highest BCUT2D eigenvalue weighted by atomic mass is 79.9. The molecule has 136 valence electrons. The van der Waals surface area contributed by atoms with E-state index in [1.54, 1.807) is 35.6 Å². The van der Waals surface area contributed by atoms with Gasteiger partial charge >= 0.3 is 0 Å². The number of aromatic nitrogens is 1. The van der Waals surface area contributed by atoms with Crippen LogP contribution < -0.4 is 10.6 Å². The van der Waals surface area contributed by atoms with Crippen LogP contribution in [0.3, 0.4) is 0 Å². The molecular weight excluding hydrogens is 424 g/mol. The molecule has 0 aliphatic heterocycles. The Balaban J connectivity index is 1.92. The Morgan fingerprint density at radius 3 is 2.60 bits per heavy atom. The number of nitrogens with zero attached hydrogens (tertiary/aromatic N) is 2. The summed E-state index contributed by atoms with van der Waals surface area (Å²) in [5.74, 6) is 0.580. The van der Waals surface area contributed by atoms with Crippen LogP contribution in [0.4, 0.5) is 0 Å². The van der Waals surface area contributed by atoms with Gasteiger partial charge in [-0.2, -0.15) is 0 Å². The minimum absolute atomic E-state index is 0.00456. The quantitative estimate of drug-likeness (QED) is 0.506. The summed E-state index contributed by atoms with van der Waals surface area (Å²) < 4.78 is 25.5. The number of nitrogens with one attached hydrogen (secondary N) is 2. The average molecular weight is 445 g/mol. The SMILES string of the molecule is CCNC(=NCc1ncc(C)s1)NCCS(=O)(=O)c1ccc(Br)cc1. The largest absolute Gasteiger partial charge is 0.357 e. The van der Waals surface area contributed by atoms with Gasteiger partial charge in [0, 0.05) is 28.6 Å². The lowest BCUT2D eigenvalue weighted by Crippen LogP contribution is -2.39. The summed E-state index contributed by atoms with van der Waals surface area (Å²) in [6.45, 7) is 5.40. The maximum Gasteiger partial charge on any atom is 0.191 e. The van der Waals surface area contributed by atoms with Crippen LogP contribution >= 0.6 is 27.3 Å². The van der Waals surface area contributed by atoms with Crippen molar-refractivity contribution in [2.45, 2.75) is 25.3 Å². The Morgan fingerprint density at radius 1 is 1.28 bits per heavy atom. The molecule has 0 saturated carbocycles. The summed E-state index contributed by atoms with van der Waals surface area (Å²) in [6, 6.07) is 6.65. The zero-order valence-corrected chi connectivity index (χ0v) is 17.3. The van der Waals surface area contributed by atoms with E-state index in [4.69, 9.17) is 0 Å². The van der Waals surface area contributed by atoms with Gasteiger partial charge in [-0.25, -0.2) is 18.4 Å². The van der Waals surface area contributed by atoms with Gasteiger partial charge < -0.3 is 10.6 Å². The molecule has 0 unspecified atom stereocenters. The smallest absolute Gasteiger partial charge is 0.191 e. The number of sulfone groups is 1. The Kier molecular flexibility index (Phi) is 7.39. The summed E-state index contributed by atoms with van der Waals surface area (Å²) in [5, 5.41) is 7.10. The number of rotatable bonds is 7. The van der Waals surface area contributed by atoms with E-state index >= 15 is 0 Å². The summed E-state index contributed by atoms with van der Waals surface area (Å²) in [4.78, 5) is 10.2. The maximum absolute atomic E-state index is 12.3. The molecule has 0 saturated heterocycles. The van der Waals surface area contributed by atoms with E-state index in [1.165, 1.54) is 0 Å². The van der Waals surface area contributed by atoms with Crippen LogP contribution in [-0.4, -0.2) is 38.2 Å². The van der Waals surface area contributed by atoms with Crippen LogP contribution in [0.5, 0.6) is 0 Å². The molecule has 2 rings (SSSR count). The molecule has 0 aliphatic rings. The van der Waals surface area contributed by atoms with Crippen molar-refractivity contribution in [3.8, 4) is 0 Å². The number of halogens is 1. The summed E-state index contributed by atoms with van der Waals surface area (Å²) >= 11 is 4.90. The van der Waals surface area contributed by atoms with Crippen LogP contribution in [0.15, 0.2) is 44.8 Å². The molecule has 25 heavy (non-hydrogen) atoms. The second kappa shape index (κ2) is 9.30. The normalized spacial score (nSPS) is 12.2. The lowest BCUT2D eigenvalue weighted by molar-refractivity contribution is 0.594. The van der Waals surface area contributed by atoms with E-state index in [-0.39, 0.29) is 12.3 Å². The Hall–Kier alpha value is -1.45. The van der Waals surface area contributed by atoms with Crippen molar-refractivity contribution >= 4 is 43.1 Å². The third-order valence-corrected chi connectivity index (χ3v) is 6.38. The first kappa shape index (κ1) is 19.9. The third-order valence-electron chi connectivity index (χ3n) is 3.22. The number of benzene rings is 1. The van der Waals surface area contributed by atoms with Crippen molar-refractivity contribution in [1.29, 1.82) is 0 Å². The molecule has 1 heterocycles. The van der Waals surface area contributed by atoms with Gasteiger partial charge in [0.2, 0.25) is 0 Å². The molecule has 9 heteroatoms. The second-order valence-electron chi connectivity index (χ2n) is 5.26. The first-order valence-electron chi connectivity index (χ1n) is 7.82. The van der Waals surface area contributed by atoms with E-state index in [0.717, 1.165) is 14.4 Å². The molecule has 0 amide bonds. The highest BCUT2D eigenvalue weighted by Gasteiger charge is 2.14. The van der Waals surface area contributed by atoms with Crippen molar-refractivity contribution < 1.29 is 8.42 Å². The Labute approximate surface area is 160 Å². The summed E-state index contributed by atoms with van der Waals surface area (Å²) in [6.07, 6.45) is 1.82. The molecule has 2 aromatic rings. The number of guanidine groups is 1. The summed E-state index contributed by atoms with van der Waals surface area (Å²) in [5.41, 5.74) is 0. The average Bonchev–Trinajstić information content (AvgIpc) is 2.98. The van der Waals surface area contributed by atoms with E-state index in [9.17, 15) is 8.42 Å². The number of aryl methyl sites for hydroxylation is 1. The monoisotopic (exact) mass is 444 g/mol. The minimum Gasteiger partial charge on any atom is -0.357 e. The van der Waals surface area contributed by atoms with Gasteiger partial charge in [0.25, 0.3) is 0 Å². The molecule has 0 aliphatic carbocycles. The highest BCUT2D eigenvalue weighted by Crippen LogP contribution is 2.15. The fraction of sp³-hybridized carbons (Fsp3) is 0.375. The maximum atomic E-state index is 12.3. The van der Waals surface area contributed by atoms with Gasteiger partial charge in [-0.3, -0.25) is 0 Å². The third kappa shape index (κ3) is 6.41. The van der Waals surface area contributed by atoms with Crippen LogP contribution in [0.2, 0.25) is 0 Å². The zero-order valence-electron chi connectivity index (χ0n) is 14.1. The number of hydrogen-bond donors (Lipinski definition) is 2. The lowest BCUT2D eigenvalue weighted by Gasteiger charge is -2.11. The van der Waals surface area contributed by atoms with Gasteiger partial charge in [-0.1, -0.05) is 15.9 Å². The van der Waals surface area contributed by atoms with Gasteiger partial charge in [-0.15, -0.1) is 11.3 Å². The molecular formula is C16H21BrN4O2S2. The zero-order chi connectivity index (χ0) is 18.3. The predicted octanol–water partition coefficient (Wildman–Crippen LogP) is 2.74. The molecule has 0 atom stereocenters. The minimum atomic E-state index is -3.33. The fourth-order valence-corrected chi connectivity index (χ4v) is 4.16. The molecule has 2 N–H and O–H groups in total.